The Kier molecular flexibility index (Phi) is 8.32. The van der Waals surface area contributed by atoms with Crippen molar-refractivity contribution < 1.29 is 41.3 Å². The van der Waals surface area contributed by atoms with Crippen molar-refractivity contribution in [1.82, 2.24) is 24.8 Å². The van der Waals surface area contributed by atoms with E-state index in [2.05, 4.69) is 20.3 Å². The van der Waals surface area contributed by atoms with Gasteiger partial charge < -0.3 is 24.3 Å². The van der Waals surface area contributed by atoms with Crippen molar-refractivity contribution in [2.45, 2.75) is 13.0 Å². The van der Waals surface area contributed by atoms with Crippen LogP contribution < -0.4 is 30.0 Å². The number of nitrogens with one attached hydrogen (secondary N) is 2. The largest absolute Gasteiger partial charge is 0.496 e. The summed E-state index contributed by atoms with van der Waals surface area (Å²) in [5.41, 5.74) is -1.63. The summed E-state index contributed by atoms with van der Waals surface area (Å²) < 4.78 is 77.6. The summed E-state index contributed by atoms with van der Waals surface area (Å²) in [5, 5.41) is 2.21. The molecule has 0 fully saturated rings. The fourth-order valence-corrected chi connectivity index (χ4v) is 3.87. The predicted octanol–water partition coefficient (Wildman–Crippen LogP) is 3.70. The Morgan fingerprint density at radius 1 is 1.10 bits per heavy atom. The van der Waals surface area contributed by atoms with E-state index in [0.717, 1.165) is 10.6 Å². The second-order valence-corrected chi connectivity index (χ2v) is 8.31. The van der Waals surface area contributed by atoms with Gasteiger partial charge in [-0.15, -0.1) is 0 Å². The summed E-state index contributed by atoms with van der Waals surface area (Å²) >= 11 is 6.44. The van der Waals surface area contributed by atoms with Gasteiger partial charge in [0.1, 0.15) is 17.9 Å². The average molecular weight is 586 g/mol. The number of rotatable bonds is 10. The van der Waals surface area contributed by atoms with Crippen molar-refractivity contribution in [3.05, 3.63) is 62.8 Å². The van der Waals surface area contributed by atoms with E-state index in [1.807, 2.05) is 0 Å². The highest BCUT2D eigenvalue weighted by Gasteiger charge is 2.24. The zero-order valence-corrected chi connectivity index (χ0v) is 21.7. The second kappa shape index (κ2) is 11.7. The van der Waals surface area contributed by atoms with E-state index in [0.29, 0.717) is 0 Å². The number of halogens is 5. The average Bonchev–Trinajstić information content (AvgIpc) is 3.27. The van der Waals surface area contributed by atoms with E-state index in [-0.39, 0.29) is 50.6 Å². The number of H-pyrrole nitrogens is 1. The van der Waals surface area contributed by atoms with Crippen LogP contribution in [0, 0.1) is 11.6 Å². The Morgan fingerprint density at radius 3 is 2.48 bits per heavy atom. The second-order valence-electron chi connectivity index (χ2n) is 7.90. The number of nitrogens with zero attached hydrogens (tertiary/aromatic N) is 3. The molecule has 0 bridgehead atoms. The molecule has 0 unspecified atom stereocenters. The number of aromatic amines is 1. The molecule has 2 aromatic heterocycles. The zero-order chi connectivity index (χ0) is 29.1. The Balaban J connectivity index is 1.87. The maximum absolute atomic E-state index is 14.5. The summed E-state index contributed by atoms with van der Waals surface area (Å²) in [6.07, 6.45) is -3.09. The Hall–Kier alpha value is -4.53. The number of likely N-dealkylation sites (N-methyl/N-ethyl adjacent to an activating group) is 1. The van der Waals surface area contributed by atoms with Crippen LogP contribution in [0.1, 0.15) is 17.8 Å². The summed E-state index contributed by atoms with van der Waals surface area (Å²) in [6.45, 7) is -1.06. The van der Waals surface area contributed by atoms with E-state index in [1.54, 1.807) is 0 Å². The quantitative estimate of drug-likeness (QED) is 0.270. The molecule has 4 aromatic rings. The predicted molar refractivity (Wildman–Crippen MR) is 133 cm³/mol. The van der Waals surface area contributed by atoms with Gasteiger partial charge in [-0.1, -0.05) is 11.6 Å². The van der Waals surface area contributed by atoms with Gasteiger partial charge in [-0.2, -0.15) is 4.98 Å². The summed E-state index contributed by atoms with van der Waals surface area (Å²) in [6, 6.07) is 4.44. The van der Waals surface area contributed by atoms with Crippen LogP contribution >= 0.6 is 11.6 Å². The maximum atomic E-state index is 14.5. The number of imidazole rings is 1. The van der Waals surface area contributed by atoms with Gasteiger partial charge in [0.2, 0.25) is 11.7 Å². The molecule has 0 saturated carbocycles. The van der Waals surface area contributed by atoms with E-state index in [4.69, 9.17) is 30.5 Å². The molecule has 11 nitrogen and oxygen atoms in total. The van der Waals surface area contributed by atoms with Gasteiger partial charge in [-0.05, 0) is 12.1 Å². The molecule has 0 atom stereocenters. The number of methoxy groups -OCH3 is 2. The minimum atomic E-state index is -3.09. The molecule has 0 saturated heterocycles. The molecule has 0 aliphatic heterocycles. The van der Waals surface area contributed by atoms with Crippen LogP contribution in [0.25, 0.3) is 16.9 Å². The third-order valence-electron chi connectivity index (χ3n) is 5.55. The molecule has 212 valence electrons. The lowest BCUT2D eigenvalue weighted by Crippen LogP contribution is -2.25. The molecule has 40 heavy (non-hydrogen) atoms. The molecule has 16 heteroatoms. The molecule has 4 rings (SSSR count). The monoisotopic (exact) mass is 585 g/mol. The molecule has 0 radical (unpaired) electrons. The van der Waals surface area contributed by atoms with Crippen molar-refractivity contribution in [3.8, 4) is 28.8 Å². The van der Waals surface area contributed by atoms with Gasteiger partial charge >= 0.3 is 5.69 Å². The van der Waals surface area contributed by atoms with Crippen LogP contribution in [0.15, 0.2) is 29.1 Å². The van der Waals surface area contributed by atoms with Crippen LogP contribution in [0.2, 0.25) is 5.02 Å². The van der Waals surface area contributed by atoms with E-state index >= 15 is 0 Å². The van der Waals surface area contributed by atoms with Crippen LogP contribution in [-0.4, -0.2) is 53.3 Å². The molecular formula is C24H20ClF4N5O6. The number of hydrogen-bond donors (Lipinski definition) is 2. The topological polar surface area (TPSA) is 130 Å². The van der Waals surface area contributed by atoms with Crippen molar-refractivity contribution in [2.24, 2.45) is 0 Å². The lowest BCUT2D eigenvalue weighted by Gasteiger charge is -2.17. The van der Waals surface area contributed by atoms with E-state index in [9.17, 15) is 27.2 Å². The SMILES string of the molecule is CNC(=O)COc1cc(Cl)c(-n2c(=O)[nH]c3c(OC)nc(C(F)F)nc32)cc1OCc1c(OC)ccc(F)c1F. The highest BCUT2D eigenvalue weighted by molar-refractivity contribution is 6.32. The molecule has 0 aliphatic rings. The van der Waals surface area contributed by atoms with Gasteiger partial charge in [0.25, 0.3) is 12.3 Å². The molecule has 2 aromatic carbocycles. The van der Waals surface area contributed by atoms with Gasteiger partial charge in [-0.3, -0.25) is 9.78 Å². The lowest BCUT2D eigenvalue weighted by molar-refractivity contribution is -0.122. The van der Waals surface area contributed by atoms with Crippen molar-refractivity contribution in [2.75, 3.05) is 27.9 Å². The molecule has 0 aliphatic carbocycles. The molecule has 2 heterocycles. The number of carbonyl (C=O) groups excluding carboxylic acids is 1. The highest BCUT2D eigenvalue weighted by atomic mass is 35.5. The van der Waals surface area contributed by atoms with Crippen LogP contribution in [0.4, 0.5) is 17.6 Å². The van der Waals surface area contributed by atoms with Crippen molar-refractivity contribution in [1.29, 1.82) is 0 Å². The first-order valence-corrected chi connectivity index (χ1v) is 11.6. The summed E-state index contributed by atoms with van der Waals surface area (Å²) in [4.78, 5) is 34.5. The number of aromatic nitrogens is 4. The summed E-state index contributed by atoms with van der Waals surface area (Å²) in [7, 11) is 3.80. The first-order chi connectivity index (χ1) is 19.1. The number of hydrogen-bond acceptors (Lipinski definition) is 8. The molecule has 1 amide bonds. The van der Waals surface area contributed by atoms with Gasteiger partial charge in [0, 0.05) is 19.2 Å². The van der Waals surface area contributed by atoms with Gasteiger partial charge in [0.05, 0.1) is 30.5 Å². The Bertz CT molecular complexity index is 1640. The fourth-order valence-electron chi connectivity index (χ4n) is 3.63. The normalized spacial score (nSPS) is 11.1. The molecule has 0 spiro atoms. The van der Waals surface area contributed by atoms with Gasteiger partial charge in [0.15, 0.2) is 35.4 Å². The van der Waals surface area contributed by atoms with Crippen LogP contribution in [0.5, 0.6) is 23.1 Å². The smallest absolute Gasteiger partial charge is 0.332 e. The number of benzene rings is 2. The zero-order valence-electron chi connectivity index (χ0n) is 21.0. The Labute approximate surface area is 227 Å². The first-order valence-electron chi connectivity index (χ1n) is 11.2. The number of alkyl halides is 2. The maximum Gasteiger partial charge on any atom is 0.332 e. The van der Waals surface area contributed by atoms with Gasteiger partial charge in [-0.25, -0.2) is 31.9 Å². The minimum Gasteiger partial charge on any atom is -0.496 e. The van der Waals surface area contributed by atoms with Crippen molar-refractivity contribution >= 4 is 28.7 Å². The fraction of sp³-hybridized carbons (Fsp3) is 0.250. The van der Waals surface area contributed by atoms with E-state index < -0.39 is 48.7 Å². The third kappa shape index (κ3) is 5.45. The first kappa shape index (κ1) is 28.5. The highest BCUT2D eigenvalue weighted by Crippen LogP contribution is 2.38. The standard InChI is InChI=1S/C24H20ClF4N5O6/c1-30-17(35)9-40-15-6-11(25)13(7-16(15)39-8-10-14(37-2)5-4-12(26)18(10)27)34-22-19(31-24(34)36)23(38-3)33-21(32-22)20(28)29/h4-7,20H,8-9H2,1-3H3,(H,30,35)(H,31,36). The third-order valence-corrected chi connectivity index (χ3v) is 5.85. The van der Waals surface area contributed by atoms with Crippen molar-refractivity contribution in [3.63, 3.8) is 0 Å². The summed E-state index contributed by atoms with van der Waals surface area (Å²) in [5.74, 6) is -4.42. The number of fused-ring (bicyclic) bond motifs is 1. The number of carbonyl (C=O) groups is 1. The lowest BCUT2D eigenvalue weighted by atomic mass is 10.2. The number of amides is 1. The van der Waals surface area contributed by atoms with Crippen LogP contribution in [-0.2, 0) is 11.4 Å². The minimum absolute atomic E-state index is 0.0166. The van der Waals surface area contributed by atoms with Crippen LogP contribution in [0.3, 0.4) is 0 Å². The van der Waals surface area contributed by atoms with E-state index in [1.165, 1.54) is 39.5 Å². The Morgan fingerprint density at radius 2 is 1.82 bits per heavy atom. The molecular weight excluding hydrogens is 566 g/mol. The molecule has 2 N–H and O–H groups in total. The number of ether oxygens (including phenoxy) is 4.